The van der Waals surface area contributed by atoms with Gasteiger partial charge < -0.3 is 16.0 Å². The molecule has 0 atom stereocenters. The van der Waals surface area contributed by atoms with E-state index in [2.05, 4.69) is 16.0 Å². The SMILES string of the molecule is CNC(=O)c1ccc(CN(C)CC(=O)NCCNC(C)=O)cc1. The van der Waals surface area contributed by atoms with Crippen LogP contribution < -0.4 is 16.0 Å². The van der Waals surface area contributed by atoms with Crippen molar-refractivity contribution in [1.82, 2.24) is 20.9 Å². The molecular weight excluding hydrogens is 296 g/mol. The Morgan fingerprint density at radius 2 is 1.65 bits per heavy atom. The first-order valence-corrected chi connectivity index (χ1v) is 7.43. The Labute approximate surface area is 136 Å². The highest BCUT2D eigenvalue weighted by atomic mass is 16.2. The van der Waals surface area contributed by atoms with E-state index in [-0.39, 0.29) is 24.3 Å². The van der Waals surface area contributed by atoms with E-state index in [1.165, 1.54) is 6.92 Å². The summed E-state index contributed by atoms with van der Waals surface area (Å²) in [6.45, 7) is 3.13. The maximum atomic E-state index is 11.8. The lowest BCUT2D eigenvalue weighted by Crippen LogP contribution is -2.38. The summed E-state index contributed by atoms with van der Waals surface area (Å²) in [6, 6.07) is 7.26. The smallest absolute Gasteiger partial charge is 0.251 e. The van der Waals surface area contributed by atoms with E-state index in [9.17, 15) is 14.4 Å². The molecule has 3 amide bonds. The predicted octanol–water partition coefficient (Wildman–Crippen LogP) is -0.270. The molecule has 0 saturated carbocycles. The molecule has 126 valence electrons. The topological polar surface area (TPSA) is 90.5 Å². The van der Waals surface area contributed by atoms with Crippen LogP contribution in [-0.4, -0.2) is 56.4 Å². The highest BCUT2D eigenvalue weighted by Crippen LogP contribution is 2.06. The van der Waals surface area contributed by atoms with Gasteiger partial charge in [0.2, 0.25) is 11.8 Å². The van der Waals surface area contributed by atoms with Crippen LogP contribution in [0.25, 0.3) is 0 Å². The molecule has 3 N–H and O–H groups in total. The maximum Gasteiger partial charge on any atom is 0.251 e. The highest BCUT2D eigenvalue weighted by Gasteiger charge is 2.08. The summed E-state index contributed by atoms with van der Waals surface area (Å²) in [5.41, 5.74) is 1.63. The van der Waals surface area contributed by atoms with Gasteiger partial charge in [-0.15, -0.1) is 0 Å². The van der Waals surface area contributed by atoms with Gasteiger partial charge in [-0.1, -0.05) is 12.1 Å². The fraction of sp³-hybridized carbons (Fsp3) is 0.438. The third-order valence-electron chi connectivity index (χ3n) is 3.13. The molecule has 0 aromatic heterocycles. The maximum absolute atomic E-state index is 11.8. The quantitative estimate of drug-likeness (QED) is 0.575. The molecular formula is C16H24N4O3. The minimum atomic E-state index is -0.122. The van der Waals surface area contributed by atoms with Crippen molar-refractivity contribution in [2.45, 2.75) is 13.5 Å². The molecule has 0 aliphatic carbocycles. The average Bonchev–Trinajstić information content (AvgIpc) is 2.51. The number of nitrogens with one attached hydrogen (secondary N) is 3. The second kappa shape index (κ2) is 9.58. The fourth-order valence-corrected chi connectivity index (χ4v) is 2.01. The van der Waals surface area contributed by atoms with Gasteiger partial charge >= 0.3 is 0 Å². The van der Waals surface area contributed by atoms with E-state index in [1.54, 1.807) is 19.2 Å². The summed E-state index contributed by atoms with van der Waals surface area (Å²) < 4.78 is 0. The molecule has 0 radical (unpaired) electrons. The van der Waals surface area contributed by atoms with Crippen molar-refractivity contribution in [3.05, 3.63) is 35.4 Å². The Morgan fingerprint density at radius 1 is 1.04 bits per heavy atom. The molecule has 0 aliphatic rings. The molecule has 0 heterocycles. The van der Waals surface area contributed by atoms with Crippen LogP contribution in [0.3, 0.4) is 0 Å². The van der Waals surface area contributed by atoms with Crippen molar-refractivity contribution in [2.75, 3.05) is 33.7 Å². The first kappa shape index (κ1) is 18.6. The Hall–Kier alpha value is -2.41. The van der Waals surface area contributed by atoms with Crippen LogP contribution in [0, 0.1) is 0 Å². The summed E-state index contributed by atoms with van der Waals surface area (Å²) in [5, 5.41) is 7.92. The van der Waals surface area contributed by atoms with Crippen LogP contribution in [0.1, 0.15) is 22.8 Å². The molecule has 0 unspecified atom stereocenters. The van der Waals surface area contributed by atoms with Gasteiger partial charge in [0.1, 0.15) is 0 Å². The standard InChI is InChI=1S/C16H24N4O3/c1-12(21)18-8-9-19-15(22)11-20(3)10-13-4-6-14(7-5-13)16(23)17-2/h4-7H,8-11H2,1-3H3,(H,17,23)(H,18,21)(H,19,22). The third-order valence-corrected chi connectivity index (χ3v) is 3.13. The summed E-state index contributed by atoms with van der Waals surface area (Å²) in [6.07, 6.45) is 0. The molecule has 1 aromatic carbocycles. The van der Waals surface area contributed by atoms with Crippen LogP contribution in [0.15, 0.2) is 24.3 Å². The Morgan fingerprint density at radius 3 is 2.22 bits per heavy atom. The largest absolute Gasteiger partial charge is 0.355 e. The van der Waals surface area contributed by atoms with Gasteiger partial charge in [0.15, 0.2) is 0 Å². The number of carbonyl (C=O) groups excluding carboxylic acids is 3. The normalized spacial score (nSPS) is 10.3. The average molecular weight is 320 g/mol. The predicted molar refractivity (Wildman–Crippen MR) is 87.9 cm³/mol. The summed E-state index contributed by atoms with van der Waals surface area (Å²) in [4.78, 5) is 35.8. The lowest BCUT2D eigenvalue weighted by atomic mass is 10.1. The lowest BCUT2D eigenvalue weighted by Gasteiger charge is -2.16. The zero-order chi connectivity index (χ0) is 17.2. The van der Waals surface area contributed by atoms with Crippen molar-refractivity contribution in [1.29, 1.82) is 0 Å². The van der Waals surface area contributed by atoms with Crippen LogP contribution >= 0.6 is 0 Å². The Bertz CT molecular complexity index is 543. The monoisotopic (exact) mass is 320 g/mol. The first-order valence-electron chi connectivity index (χ1n) is 7.43. The molecule has 1 aromatic rings. The molecule has 7 nitrogen and oxygen atoms in total. The second-order valence-electron chi connectivity index (χ2n) is 5.28. The van der Waals surface area contributed by atoms with E-state index in [0.717, 1.165) is 5.56 Å². The number of carbonyl (C=O) groups is 3. The lowest BCUT2D eigenvalue weighted by molar-refractivity contribution is -0.122. The summed E-state index contributed by atoms with van der Waals surface area (Å²) in [7, 11) is 3.44. The Balaban J connectivity index is 2.35. The number of amides is 3. The Kier molecular flexibility index (Phi) is 7.76. The number of rotatable bonds is 8. The van der Waals surface area contributed by atoms with Crippen LogP contribution in [0.4, 0.5) is 0 Å². The number of nitrogens with zero attached hydrogens (tertiary/aromatic N) is 1. The third kappa shape index (κ3) is 7.42. The van der Waals surface area contributed by atoms with Crippen molar-refractivity contribution in [3.63, 3.8) is 0 Å². The summed E-state index contributed by atoms with van der Waals surface area (Å²) >= 11 is 0. The van der Waals surface area contributed by atoms with Crippen molar-refractivity contribution >= 4 is 17.7 Å². The van der Waals surface area contributed by atoms with Crippen molar-refractivity contribution in [2.24, 2.45) is 0 Å². The zero-order valence-corrected chi connectivity index (χ0v) is 13.8. The molecule has 1 rings (SSSR count). The highest BCUT2D eigenvalue weighted by molar-refractivity contribution is 5.93. The van der Waals surface area contributed by atoms with Gasteiger partial charge in [-0.05, 0) is 24.7 Å². The van der Waals surface area contributed by atoms with E-state index < -0.39 is 0 Å². The number of hydrogen-bond acceptors (Lipinski definition) is 4. The minimum absolute atomic E-state index is 0.0974. The van der Waals surface area contributed by atoms with Crippen LogP contribution in [0.2, 0.25) is 0 Å². The van der Waals surface area contributed by atoms with E-state index >= 15 is 0 Å². The molecule has 0 aliphatic heterocycles. The molecule has 0 bridgehead atoms. The van der Waals surface area contributed by atoms with E-state index in [4.69, 9.17) is 0 Å². The fourth-order valence-electron chi connectivity index (χ4n) is 2.01. The van der Waals surface area contributed by atoms with E-state index in [1.807, 2.05) is 24.1 Å². The van der Waals surface area contributed by atoms with Gasteiger partial charge in [-0.25, -0.2) is 0 Å². The van der Waals surface area contributed by atoms with Gasteiger partial charge in [0.25, 0.3) is 5.91 Å². The second-order valence-corrected chi connectivity index (χ2v) is 5.28. The first-order chi connectivity index (χ1) is 10.9. The zero-order valence-electron chi connectivity index (χ0n) is 13.8. The molecule has 23 heavy (non-hydrogen) atoms. The van der Waals surface area contributed by atoms with Crippen LogP contribution in [-0.2, 0) is 16.1 Å². The van der Waals surface area contributed by atoms with Gasteiger partial charge in [0, 0.05) is 39.2 Å². The van der Waals surface area contributed by atoms with Gasteiger partial charge in [0.05, 0.1) is 6.54 Å². The molecule has 0 fully saturated rings. The minimum Gasteiger partial charge on any atom is -0.355 e. The number of likely N-dealkylation sites (N-methyl/N-ethyl adjacent to an activating group) is 1. The molecule has 0 saturated heterocycles. The summed E-state index contributed by atoms with van der Waals surface area (Å²) in [5.74, 6) is -0.333. The number of benzene rings is 1. The van der Waals surface area contributed by atoms with E-state index in [0.29, 0.717) is 25.2 Å². The molecule has 7 heteroatoms. The van der Waals surface area contributed by atoms with Crippen molar-refractivity contribution < 1.29 is 14.4 Å². The van der Waals surface area contributed by atoms with Crippen molar-refractivity contribution in [3.8, 4) is 0 Å². The van der Waals surface area contributed by atoms with Gasteiger partial charge in [-0.2, -0.15) is 0 Å². The van der Waals surface area contributed by atoms with Gasteiger partial charge in [-0.3, -0.25) is 19.3 Å². The molecule has 0 spiro atoms. The van der Waals surface area contributed by atoms with Crippen LogP contribution in [0.5, 0.6) is 0 Å². The number of hydrogen-bond donors (Lipinski definition) is 3.